The topological polar surface area (TPSA) is 68.8 Å². The van der Waals surface area contributed by atoms with E-state index < -0.39 is 0 Å². The van der Waals surface area contributed by atoms with E-state index in [1.807, 2.05) is 6.92 Å². The summed E-state index contributed by atoms with van der Waals surface area (Å²) in [5.74, 6) is 0.580. The molecule has 7 heteroatoms. The van der Waals surface area contributed by atoms with E-state index in [0.29, 0.717) is 29.6 Å². The monoisotopic (exact) mass is 363 g/mol. The standard InChI is InChI=1S/C19H30FN5O/c1-5-21-19(24-17-12-25(13(2)3)11-14(17)4)22-10-18(26)23-16-8-6-15(20)7-9-16/h6-9,13-14,17H,5,10-12H2,1-4H3,(H,23,26)(H2,21,22,24). The Hall–Kier alpha value is -2.15. The van der Waals surface area contributed by atoms with Crippen LogP contribution in [0, 0.1) is 11.7 Å². The van der Waals surface area contributed by atoms with E-state index in [9.17, 15) is 9.18 Å². The van der Waals surface area contributed by atoms with Crippen molar-refractivity contribution in [1.82, 2.24) is 15.5 Å². The molecule has 1 saturated heterocycles. The summed E-state index contributed by atoms with van der Waals surface area (Å²) in [6.07, 6.45) is 0. The zero-order valence-corrected chi connectivity index (χ0v) is 16.1. The molecule has 0 saturated carbocycles. The van der Waals surface area contributed by atoms with Crippen LogP contribution in [0.15, 0.2) is 29.3 Å². The third kappa shape index (κ3) is 5.98. The minimum Gasteiger partial charge on any atom is -0.357 e. The summed E-state index contributed by atoms with van der Waals surface area (Å²) in [5.41, 5.74) is 0.557. The number of aliphatic imine (C=N–C) groups is 1. The lowest BCUT2D eigenvalue weighted by molar-refractivity contribution is -0.114. The number of likely N-dealkylation sites (tertiary alicyclic amines) is 1. The molecule has 1 heterocycles. The molecule has 1 aromatic carbocycles. The van der Waals surface area contributed by atoms with Crippen LogP contribution in [0.1, 0.15) is 27.7 Å². The number of carbonyl (C=O) groups excluding carboxylic acids is 1. The first-order valence-corrected chi connectivity index (χ1v) is 9.23. The average Bonchev–Trinajstić information content (AvgIpc) is 2.96. The van der Waals surface area contributed by atoms with Crippen molar-refractivity contribution in [2.24, 2.45) is 10.9 Å². The highest BCUT2D eigenvalue weighted by atomic mass is 19.1. The summed E-state index contributed by atoms with van der Waals surface area (Å²) in [5, 5.41) is 9.35. The molecule has 6 nitrogen and oxygen atoms in total. The van der Waals surface area contributed by atoms with Gasteiger partial charge in [-0.05, 0) is 51.0 Å². The Morgan fingerprint density at radius 3 is 2.58 bits per heavy atom. The molecule has 0 aromatic heterocycles. The number of amides is 1. The zero-order valence-electron chi connectivity index (χ0n) is 16.1. The van der Waals surface area contributed by atoms with Crippen molar-refractivity contribution in [2.45, 2.75) is 39.8 Å². The van der Waals surface area contributed by atoms with Gasteiger partial charge in [-0.3, -0.25) is 9.69 Å². The normalized spacial score (nSPS) is 21.1. The Morgan fingerprint density at radius 2 is 2.00 bits per heavy atom. The van der Waals surface area contributed by atoms with Gasteiger partial charge in [0.1, 0.15) is 12.4 Å². The third-order valence-corrected chi connectivity index (χ3v) is 4.55. The highest BCUT2D eigenvalue weighted by molar-refractivity contribution is 5.94. The van der Waals surface area contributed by atoms with E-state index in [1.165, 1.54) is 24.3 Å². The van der Waals surface area contributed by atoms with Gasteiger partial charge in [0.25, 0.3) is 0 Å². The molecular weight excluding hydrogens is 333 g/mol. The van der Waals surface area contributed by atoms with Crippen LogP contribution in [0.4, 0.5) is 10.1 Å². The molecule has 0 bridgehead atoms. The van der Waals surface area contributed by atoms with E-state index in [4.69, 9.17) is 0 Å². The molecule has 0 radical (unpaired) electrons. The summed E-state index contributed by atoms with van der Waals surface area (Å²) in [7, 11) is 0. The summed E-state index contributed by atoms with van der Waals surface area (Å²) in [4.78, 5) is 18.9. The number of nitrogens with zero attached hydrogens (tertiary/aromatic N) is 2. The van der Waals surface area contributed by atoms with Gasteiger partial charge >= 0.3 is 0 Å². The van der Waals surface area contributed by atoms with Crippen LogP contribution in [0.5, 0.6) is 0 Å². The van der Waals surface area contributed by atoms with Crippen LogP contribution in [0.3, 0.4) is 0 Å². The second kappa shape index (κ2) is 9.52. The van der Waals surface area contributed by atoms with Gasteiger partial charge in [-0.1, -0.05) is 6.92 Å². The van der Waals surface area contributed by atoms with Crippen LogP contribution >= 0.6 is 0 Å². The number of hydrogen-bond donors (Lipinski definition) is 3. The molecule has 0 aliphatic carbocycles. The van der Waals surface area contributed by atoms with Gasteiger partial charge in [0.2, 0.25) is 5.91 Å². The van der Waals surface area contributed by atoms with Gasteiger partial charge in [0.05, 0.1) is 0 Å². The predicted molar refractivity (Wildman–Crippen MR) is 104 cm³/mol. The van der Waals surface area contributed by atoms with Crippen LogP contribution < -0.4 is 16.0 Å². The fourth-order valence-electron chi connectivity index (χ4n) is 2.99. The quantitative estimate of drug-likeness (QED) is 0.534. The minimum absolute atomic E-state index is 0.00169. The smallest absolute Gasteiger partial charge is 0.246 e. The number of carbonyl (C=O) groups is 1. The van der Waals surface area contributed by atoms with Gasteiger partial charge in [-0.15, -0.1) is 0 Å². The molecule has 2 rings (SSSR count). The molecule has 26 heavy (non-hydrogen) atoms. The SMILES string of the molecule is CCNC(=NCC(=O)Nc1ccc(F)cc1)NC1CN(C(C)C)CC1C. The Balaban J connectivity index is 1.91. The molecule has 144 valence electrons. The number of guanidine groups is 1. The Labute approximate surface area is 155 Å². The summed E-state index contributed by atoms with van der Waals surface area (Å²) >= 11 is 0. The molecule has 3 N–H and O–H groups in total. The maximum Gasteiger partial charge on any atom is 0.246 e. The fourth-order valence-corrected chi connectivity index (χ4v) is 2.99. The van der Waals surface area contributed by atoms with Crippen molar-refractivity contribution >= 4 is 17.6 Å². The average molecular weight is 363 g/mol. The first-order chi connectivity index (χ1) is 12.4. The van der Waals surface area contributed by atoms with Crippen molar-refractivity contribution < 1.29 is 9.18 Å². The van der Waals surface area contributed by atoms with Crippen LogP contribution in [-0.4, -0.2) is 55.0 Å². The van der Waals surface area contributed by atoms with Gasteiger partial charge < -0.3 is 16.0 Å². The minimum atomic E-state index is -0.333. The molecule has 1 aliphatic rings. The second-order valence-electron chi connectivity index (χ2n) is 7.03. The summed E-state index contributed by atoms with van der Waals surface area (Å²) in [6.45, 7) is 11.4. The largest absolute Gasteiger partial charge is 0.357 e. The summed E-state index contributed by atoms with van der Waals surface area (Å²) < 4.78 is 12.9. The maximum absolute atomic E-state index is 12.9. The number of hydrogen-bond acceptors (Lipinski definition) is 3. The first-order valence-electron chi connectivity index (χ1n) is 9.23. The molecule has 2 atom stereocenters. The highest BCUT2D eigenvalue weighted by Crippen LogP contribution is 2.18. The van der Waals surface area contributed by atoms with Crippen molar-refractivity contribution in [3.63, 3.8) is 0 Å². The van der Waals surface area contributed by atoms with E-state index in [1.54, 1.807) is 0 Å². The fraction of sp³-hybridized carbons (Fsp3) is 0.579. The number of benzene rings is 1. The van der Waals surface area contributed by atoms with Gasteiger partial charge in [-0.25, -0.2) is 9.38 Å². The number of rotatable bonds is 6. The molecule has 1 aromatic rings. The van der Waals surface area contributed by atoms with E-state index in [0.717, 1.165) is 19.6 Å². The molecule has 0 spiro atoms. The van der Waals surface area contributed by atoms with Crippen molar-refractivity contribution in [1.29, 1.82) is 0 Å². The van der Waals surface area contributed by atoms with Crippen molar-refractivity contribution in [2.75, 3.05) is 31.5 Å². The Morgan fingerprint density at radius 1 is 1.31 bits per heavy atom. The molecule has 1 aliphatic heterocycles. The molecule has 1 amide bonds. The lowest BCUT2D eigenvalue weighted by Crippen LogP contribution is -2.47. The molecular formula is C19H30FN5O. The lowest BCUT2D eigenvalue weighted by Gasteiger charge is -2.21. The molecule has 1 fully saturated rings. The van der Waals surface area contributed by atoms with Crippen molar-refractivity contribution in [3.8, 4) is 0 Å². The first kappa shape index (κ1) is 20.2. The molecule has 2 unspecified atom stereocenters. The number of nitrogens with one attached hydrogen (secondary N) is 3. The van der Waals surface area contributed by atoms with Gasteiger partial charge in [-0.2, -0.15) is 0 Å². The lowest BCUT2D eigenvalue weighted by atomic mass is 10.1. The Kier molecular flexibility index (Phi) is 7.38. The maximum atomic E-state index is 12.9. The van der Waals surface area contributed by atoms with E-state index in [-0.39, 0.29) is 18.3 Å². The van der Waals surface area contributed by atoms with E-state index in [2.05, 4.69) is 46.6 Å². The van der Waals surface area contributed by atoms with Crippen molar-refractivity contribution in [3.05, 3.63) is 30.1 Å². The van der Waals surface area contributed by atoms with Crippen LogP contribution in [-0.2, 0) is 4.79 Å². The van der Waals surface area contributed by atoms with Gasteiger partial charge in [0.15, 0.2) is 5.96 Å². The predicted octanol–water partition coefficient (Wildman–Crippen LogP) is 2.05. The third-order valence-electron chi connectivity index (χ3n) is 4.55. The highest BCUT2D eigenvalue weighted by Gasteiger charge is 2.31. The summed E-state index contributed by atoms with van der Waals surface area (Å²) in [6, 6.07) is 6.50. The van der Waals surface area contributed by atoms with Crippen LogP contribution in [0.25, 0.3) is 0 Å². The number of anilines is 1. The zero-order chi connectivity index (χ0) is 19.1. The number of halogens is 1. The van der Waals surface area contributed by atoms with E-state index >= 15 is 0 Å². The Bertz CT molecular complexity index is 617. The van der Waals surface area contributed by atoms with Crippen LogP contribution in [0.2, 0.25) is 0 Å². The van der Waals surface area contributed by atoms with Gasteiger partial charge in [0, 0.05) is 37.4 Å². The second-order valence-corrected chi connectivity index (χ2v) is 7.03.